The van der Waals surface area contributed by atoms with Crippen molar-refractivity contribution in [2.24, 2.45) is 0 Å². The van der Waals surface area contributed by atoms with E-state index in [0.29, 0.717) is 5.56 Å². The van der Waals surface area contributed by atoms with Gasteiger partial charge in [-0.2, -0.15) is 0 Å². The second-order valence-electron chi connectivity index (χ2n) is 4.09. The fourth-order valence-electron chi connectivity index (χ4n) is 1.68. The summed E-state index contributed by atoms with van der Waals surface area (Å²) in [4.78, 5) is 27.2. The second-order valence-corrected chi connectivity index (χ2v) is 4.43. The minimum absolute atomic E-state index is 0.0427. The van der Waals surface area contributed by atoms with Crippen LogP contribution in [0.1, 0.15) is 26.3 Å². The molecule has 0 fully saturated rings. The average Bonchev–Trinajstić information content (AvgIpc) is 2.41. The summed E-state index contributed by atoms with van der Waals surface area (Å²) >= 11 is 5.40. The van der Waals surface area contributed by atoms with Crippen LogP contribution in [-0.2, 0) is 0 Å². The number of carbonyl (C=O) groups is 2. The Hall–Kier alpha value is -2.27. The van der Waals surface area contributed by atoms with Gasteiger partial charge in [-0.25, -0.2) is 9.37 Å². The lowest BCUT2D eigenvalue weighted by Gasteiger charge is -2.09. The van der Waals surface area contributed by atoms with E-state index in [9.17, 15) is 14.0 Å². The van der Waals surface area contributed by atoms with Gasteiger partial charge in [-0.15, -0.1) is 0 Å². The molecule has 1 heterocycles. The van der Waals surface area contributed by atoms with Crippen molar-refractivity contribution in [2.45, 2.75) is 6.92 Å². The normalized spacial score (nSPS) is 10.2. The number of aromatic nitrogens is 1. The van der Waals surface area contributed by atoms with Gasteiger partial charge in [-0.05, 0) is 48.4 Å². The summed E-state index contributed by atoms with van der Waals surface area (Å²) in [5, 5.41) is 1.72. The number of aryl methyl sites for hydroxylation is 1. The molecule has 102 valence electrons. The van der Waals surface area contributed by atoms with E-state index in [0.717, 1.165) is 6.07 Å². The molecule has 1 amide bonds. The summed E-state index contributed by atoms with van der Waals surface area (Å²) in [6.07, 6.45) is 1.41. The molecule has 4 nitrogen and oxygen atoms in total. The summed E-state index contributed by atoms with van der Waals surface area (Å²) in [5.41, 5.74) is 0.860. The summed E-state index contributed by atoms with van der Waals surface area (Å²) in [6.45, 7) is 1.68. The van der Waals surface area contributed by atoms with Crippen LogP contribution in [0.5, 0.6) is 0 Å². The van der Waals surface area contributed by atoms with Gasteiger partial charge in [0, 0.05) is 11.8 Å². The fraction of sp³-hybridized carbons (Fsp3) is 0.0714. The number of nitrogens with one attached hydrogen (secondary N) is 1. The highest BCUT2D eigenvalue weighted by Crippen LogP contribution is 2.17. The Morgan fingerprint density at radius 1 is 1.25 bits per heavy atom. The van der Waals surface area contributed by atoms with Crippen LogP contribution >= 0.6 is 11.6 Å². The van der Waals surface area contributed by atoms with Crippen LogP contribution in [-0.4, -0.2) is 16.1 Å². The molecule has 0 aliphatic heterocycles. The van der Waals surface area contributed by atoms with Gasteiger partial charge in [0.25, 0.3) is 11.1 Å². The van der Waals surface area contributed by atoms with Crippen molar-refractivity contribution in [1.29, 1.82) is 0 Å². The van der Waals surface area contributed by atoms with E-state index in [1.807, 2.05) is 0 Å². The molecule has 20 heavy (non-hydrogen) atoms. The second kappa shape index (κ2) is 5.79. The third-order valence-corrected chi connectivity index (χ3v) is 2.90. The quantitative estimate of drug-likeness (QED) is 0.884. The van der Waals surface area contributed by atoms with Crippen molar-refractivity contribution in [3.05, 3.63) is 59.0 Å². The lowest BCUT2D eigenvalue weighted by molar-refractivity contribution is 0.102. The first-order chi connectivity index (χ1) is 9.49. The Kier molecular flexibility index (Phi) is 4.10. The minimum Gasteiger partial charge on any atom is -0.306 e. The molecule has 6 heteroatoms. The minimum atomic E-state index is -0.732. The highest BCUT2D eigenvalue weighted by atomic mass is 35.5. The Bertz CT molecular complexity index is 689. The first kappa shape index (κ1) is 14.1. The molecule has 2 rings (SSSR count). The lowest BCUT2D eigenvalue weighted by atomic mass is 10.1. The van der Waals surface area contributed by atoms with Crippen molar-refractivity contribution in [3.8, 4) is 0 Å². The number of hydrogen-bond acceptors (Lipinski definition) is 3. The largest absolute Gasteiger partial charge is 0.306 e. The maximum atomic E-state index is 13.2. The number of halogens is 2. The maximum absolute atomic E-state index is 13.2. The molecular weight excluding hydrogens is 283 g/mol. The number of benzene rings is 1. The van der Waals surface area contributed by atoms with Gasteiger partial charge in [-0.1, -0.05) is 6.07 Å². The van der Waals surface area contributed by atoms with Crippen LogP contribution < -0.4 is 5.32 Å². The van der Waals surface area contributed by atoms with Crippen LogP contribution in [0.15, 0.2) is 36.5 Å². The molecule has 1 N–H and O–H groups in total. The monoisotopic (exact) mass is 292 g/mol. The van der Waals surface area contributed by atoms with Crippen molar-refractivity contribution < 1.29 is 14.0 Å². The Morgan fingerprint density at radius 3 is 2.70 bits per heavy atom. The van der Waals surface area contributed by atoms with Crippen molar-refractivity contribution in [3.63, 3.8) is 0 Å². The van der Waals surface area contributed by atoms with Crippen molar-refractivity contribution in [1.82, 2.24) is 4.98 Å². The fourth-order valence-corrected chi connectivity index (χ4v) is 1.83. The molecule has 0 aliphatic rings. The van der Waals surface area contributed by atoms with E-state index in [1.165, 1.54) is 30.5 Å². The smallest absolute Gasteiger partial charge is 0.257 e. The lowest BCUT2D eigenvalue weighted by Crippen LogP contribution is -2.16. The number of anilines is 1. The van der Waals surface area contributed by atoms with Gasteiger partial charge < -0.3 is 5.32 Å². The molecule has 0 saturated heterocycles. The SMILES string of the molecule is Cc1ccc(F)cc1C(=O)Nc1ncccc1C(=O)Cl. The zero-order valence-corrected chi connectivity index (χ0v) is 11.2. The highest BCUT2D eigenvalue weighted by Gasteiger charge is 2.15. The van der Waals surface area contributed by atoms with E-state index in [-0.39, 0.29) is 16.9 Å². The summed E-state index contributed by atoms with van der Waals surface area (Å²) in [6, 6.07) is 6.85. The summed E-state index contributed by atoms with van der Waals surface area (Å²) in [7, 11) is 0. The van der Waals surface area contributed by atoms with E-state index in [1.54, 1.807) is 6.92 Å². The number of carbonyl (C=O) groups excluding carboxylic acids is 2. The number of rotatable bonds is 3. The zero-order valence-electron chi connectivity index (χ0n) is 10.5. The summed E-state index contributed by atoms with van der Waals surface area (Å²) < 4.78 is 13.2. The molecular formula is C14H10ClFN2O2. The van der Waals surface area contributed by atoms with E-state index < -0.39 is 17.0 Å². The van der Waals surface area contributed by atoms with E-state index >= 15 is 0 Å². The van der Waals surface area contributed by atoms with Gasteiger partial charge in [0.1, 0.15) is 11.6 Å². The molecule has 0 radical (unpaired) electrons. The maximum Gasteiger partial charge on any atom is 0.257 e. The third-order valence-electron chi connectivity index (χ3n) is 2.70. The standard InChI is InChI=1S/C14H10ClFN2O2/c1-8-4-5-9(16)7-11(8)14(20)18-13-10(12(15)19)3-2-6-17-13/h2-7H,1H3,(H,17,18,20). The highest BCUT2D eigenvalue weighted by molar-refractivity contribution is 6.68. The third kappa shape index (κ3) is 3.00. The van der Waals surface area contributed by atoms with Gasteiger partial charge in [-0.3, -0.25) is 9.59 Å². The van der Waals surface area contributed by atoms with Crippen molar-refractivity contribution >= 4 is 28.6 Å². The number of nitrogens with zero attached hydrogens (tertiary/aromatic N) is 1. The Labute approximate surface area is 119 Å². The van der Waals surface area contributed by atoms with Crippen molar-refractivity contribution in [2.75, 3.05) is 5.32 Å². The Morgan fingerprint density at radius 2 is 2.00 bits per heavy atom. The molecule has 0 saturated carbocycles. The molecule has 0 unspecified atom stereocenters. The van der Waals surface area contributed by atoms with Gasteiger partial charge in [0.05, 0.1) is 5.56 Å². The van der Waals surface area contributed by atoms with Gasteiger partial charge >= 0.3 is 0 Å². The van der Waals surface area contributed by atoms with Crippen LogP contribution in [0.4, 0.5) is 10.2 Å². The molecule has 0 bridgehead atoms. The van der Waals surface area contributed by atoms with Crippen LogP contribution in [0.3, 0.4) is 0 Å². The first-order valence-electron chi connectivity index (χ1n) is 5.71. The molecule has 2 aromatic rings. The zero-order chi connectivity index (χ0) is 14.7. The molecule has 1 aromatic carbocycles. The van der Waals surface area contributed by atoms with E-state index in [2.05, 4.69) is 10.3 Å². The number of amides is 1. The van der Waals surface area contributed by atoms with E-state index in [4.69, 9.17) is 11.6 Å². The topological polar surface area (TPSA) is 59.1 Å². The average molecular weight is 293 g/mol. The van der Waals surface area contributed by atoms with Gasteiger partial charge in [0.15, 0.2) is 0 Å². The molecule has 0 spiro atoms. The van der Waals surface area contributed by atoms with Crippen LogP contribution in [0, 0.1) is 12.7 Å². The van der Waals surface area contributed by atoms with Crippen LogP contribution in [0.2, 0.25) is 0 Å². The molecule has 1 aromatic heterocycles. The predicted octanol–water partition coefficient (Wildman–Crippen LogP) is 3.16. The Balaban J connectivity index is 2.33. The predicted molar refractivity (Wildman–Crippen MR) is 73.5 cm³/mol. The first-order valence-corrected chi connectivity index (χ1v) is 6.09. The summed E-state index contributed by atoms with van der Waals surface area (Å²) in [5.74, 6) is -1.03. The number of hydrogen-bond donors (Lipinski definition) is 1. The number of pyridine rings is 1. The van der Waals surface area contributed by atoms with Gasteiger partial charge in [0.2, 0.25) is 0 Å². The van der Waals surface area contributed by atoms with Crippen LogP contribution in [0.25, 0.3) is 0 Å². The molecule has 0 aliphatic carbocycles. The molecule has 0 atom stereocenters.